The van der Waals surface area contributed by atoms with Crippen molar-refractivity contribution in [2.75, 3.05) is 6.61 Å². The largest absolute Gasteiger partial charge is 0.463 e. The Bertz CT molecular complexity index is 607. The van der Waals surface area contributed by atoms with Crippen molar-refractivity contribution >= 4 is 29.7 Å². The van der Waals surface area contributed by atoms with Gasteiger partial charge in [-0.15, -0.1) is 0 Å². The molecule has 0 aromatic carbocycles. The van der Waals surface area contributed by atoms with Crippen LogP contribution >= 0.6 is 0 Å². The SMILES string of the molecule is CC(=O)N[C@@H]1[C@@H](NC(C)=O)[C@@H](OC(C)=O)O[C@H](COC(C)=O)[C@H]1OC(C)=O. The van der Waals surface area contributed by atoms with Crippen LogP contribution in [0.25, 0.3) is 0 Å². The molecule has 0 bridgehead atoms. The minimum Gasteiger partial charge on any atom is -0.463 e. The van der Waals surface area contributed by atoms with E-state index in [4.69, 9.17) is 18.9 Å². The van der Waals surface area contributed by atoms with Gasteiger partial charge in [-0.2, -0.15) is 0 Å². The van der Waals surface area contributed by atoms with E-state index < -0.39 is 60.3 Å². The van der Waals surface area contributed by atoms with Gasteiger partial charge in [0.1, 0.15) is 18.8 Å². The van der Waals surface area contributed by atoms with Gasteiger partial charge in [-0.25, -0.2) is 0 Å². The topological polar surface area (TPSA) is 146 Å². The van der Waals surface area contributed by atoms with Crippen LogP contribution in [-0.4, -0.2) is 66.9 Å². The van der Waals surface area contributed by atoms with E-state index in [1.165, 1.54) is 20.8 Å². The fraction of sp³-hybridized carbons (Fsp3) is 0.688. The molecule has 1 saturated heterocycles. The van der Waals surface area contributed by atoms with E-state index >= 15 is 0 Å². The summed E-state index contributed by atoms with van der Waals surface area (Å²) in [6.45, 7) is 5.60. The molecule has 2 N–H and O–H groups in total. The molecule has 0 radical (unpaired) electrons. The monoisotopic (exact) mass is 388 g/mol. The number of carbonyl (C=O) groups excluding carboxylic acids is 5. The maximum Gasteiger partial charge on any atom is 0.305 e. The Hall–Kier alpha value is -2.69. The second kappa shape index (κ2) is 9.86. The van der Waals surface area contributed by atoms with Crippen LogP contribution in [0.2, 0.25) is 0 Å². The summed E-state index contributed by atoms with van der Waals surface area (Å²) in [5.41, 5.74) is 0. The Morgan fingerprint density at radius 2 is 1.30 bits per heavy atom. The zero-order valence-electron chi connectivity index (χ0n) is 15.8. The molecule has 27 heavy (non-hydrogen) atoms. The number of nitrogens with one attached hydrogen (secondary N) is 2. The van der Waals surface area contributed by atoms with E-state index in [9.17, 15) is 24.0 Å². The van der Waals surface area contributed by atoms with Gasteiger partial charge in [-0.05, 0) is 0 Å². The summed E-state index contributed by atoms with van der Waals surface area (Å²) in [6.07, 6.45) is -3.48. The van der Waals surface area contributed by atoms with Gasteiger partial charge in [0.25, 0.3) is 0 Å². The summed E-state index contributed by atoms with van der Waals surface area (Å²) in [6, 6.07) is -2.05. The lowest BCUT2D eigenvalue weighted by Crippen LogP contribution is -2.70. The molecular weight excluding hydrogens is 364 g/mol. The van der Waals surface area contributed by atoms with Crippen molar-refractivity contribution in [1.82, 2.24) is 10.6 Å². The first-order chi connectivity index (χ1) is 12.5. The summed E-state index contributed by atoms with van der Waals surface area (Å²) in [4.78, 5) is 57.4. The standard InChI is InChI=1S/C16H24N2O9/c1-7(19)17-13-14(18-8(2)20)16(26-11(5)23)27-12(6-24-9(3)21)15(13)25-10(4)22/h12-16H,6H2,1-5H3,(H,17,19)(H,18,20)/t12-,13-,14-,15-,16+/m1/s1. The van der Waals surface area contributed by atoms with Crippen LogP contribution in [0, 0.1) is 0 Å². The van der Waals surface area contributed by atoms with Gasteiger partial charge in [0.15, 0.2) is 6.10 Å². The summed E-state index contributed by atoms with van der Waals surface area (Å²) in [7, 11) is 0. The first kappa shape index (κ1) is 22.4. The van der Waals surface area contributed by atoms with Crippen LogP contribution in [-0.2, 0) is 42.9 Å². The predicted octanol–water partition coefficient (Wildman–Crippen LogP) is -1.22. The zero-order chi connectivity index (χ0) is 20.7. The summed E-state index contributed by atoms with van der Waals surface area (Å²) in [5, 5.41) is 5.10. The molecule has 1 aliphatic heterocycles. The Balaban J connectivity index is 3.29. The Morgan fingerprint density at radius 3 is 1.74 bits per heavy atom. The van der Waals surface area contributed by atoms with Crippen molar-refractivity contribution in [3.63, 3.8) is 0 Å². The molecule has 11 heteroatoms. The molecule has 11 nitrogen and oxygen atoms in total. The maximum atomic E-state index is 11.7. The average Bonchev–Trinajstić information content (AvgIpc) is 2.49. The van der Waals surface area contributed by atoms with Crippen LogP contribution in [0.5, 0.6) is 0 Å². The van der Waals surface area contributed by atoms with Gasteiger partial charge < -0.3 is 29.6 Å². The van der Waals surface area contributed by atoms with Crippen LogP contribution in [0.15, 0.2) is 0 Å². The summed E-state index contributed by atoms with van der Waals surface area (Å²) in [5.74, 6) is -2.96. The highest BCUT2D eigenvalue weighted by atomic mass is 16.7. The predicted molar refractivity (Wildman–Crippen MR) is 87.8 cm³/mol. The molecule has 0 aromatic rings. The van der Waals surface area contributed by atoms with Crippen molar-refractivity contribution in [2.24, 2.45) is 0 Å². The molecule has 0 aliphatic carbocycles. The Labute approximate surface area is 156 Å². The molecule has 0 spiro atoms. The number of hydrogen-bond donors (Lipinski definition) is 2. The van der Waals surface area contributed by atoms with E-state index in [2.05, 4.69) is 10.6 Å². The van der Waals surface area contributed by atoms with Crippen LogP contribution in [0.1, 0.15) is 34.6 Å². The molecule has 2 amide bonds. The van der Waals surface area contributed by atoms with Gasteiger partial charge in [-0.3, -0.25) is 24.0 Å². The number of carbonyl (C=O) groups is 5. The van der Waals surface area contributed by atoms with Crippen molar-refractivity contribution in [1.29, 1.82) is 0 Å². The summed E-state index contributed by atoms with van der Waals surface area (Å²) < 4.78 is 20.9. The molecule has 1 fully saturated rings. The van der Waals surface area contributed by atoms with Crippen LogP contribution in [0.3, 0.4) is 0 Å². The van der Waals surface area contributed by atoms with Crippen molar-refractivity contribution in [3.8, 4) is 0 Å². The number of rotatable bonds is 6. The highest BCUT2D eigenvalue weighted by Crippen LogP contribution is 2.25. The molecule has 152 valence electrons. The zero-order valence-corrected chi connectivity index (χ0v) is 15.8. The number of ether oxygens (including phenoxy) is 4. The molecule has 1 aliphatic rings. The normalized spacial score (nSPS) is 27.1. The van der Waals surface area contributed by atoms with Gasteiger partial charge in [-0.1, -0.05) is 0 Å². The first-order valence-corrected chi connectivity index (χ1v) is 8.18. The maximum absolute atomic E-state index is 11.7. The molecule has 0 aromatic heterocycles. The average molecular weight is 388 g/mol. The second-order valence-corrected chi connectivity index (χ2v) is 5.98. The van der Waals surface area contributed by atoms with Gasteiger partial charge in [0.2, 0.25) is 18.1 Å². The van der Waals surface area contributed by atoms with E-state index in [1.54, 1.807) is 0 Å². The van der Waals surface area contributed by atoms with E-state index in [0.29, 0.717) is 0 Å². The van der Waals surface area contributed by atoms with Crippen LogP contribution in [0.4, 0.5) is 0 Å². The number of esters is 3. The Kier molecular flexibility index (Phi) is 8.16. The van der Waals surface area contributed by atoms with Crippen molar-refractivity contribution in [2.45, 2.75) is 65.2 Å². The highest BCUT2D eigenvalue weighted by molar-refractivity contribution is 5.75. The van der Waals surface area contributed by atoms with E-state index in [1.807, 2.05) is 0 Å². The van der Waals surface area contributed by atoms with Crippen molar-refractivity contribution in [3.05, 3.63) is 0 Å². The van der Waals surface area contributed by atoms with Gasteiger partial charge >= 0.3 is 17.9 Å². The lowest BCUT2D eigenvalue weighted by molar-refractivity contribution is -0.250. The molecule has 1 rings (SSSR count). The number of hydrogen-bond acceptors (Lipinski definition) is 9. The minimum absolute atomic E-state index is 0.325. The minimum atomic E-state index is -1.31. The van der Waals surface area contributed by atoms with Gasteiger partial charge in [0.05, 0.1) is 6.04 Å². The third-order valence-corrected chi connectivity index (χ3v) is 3.48. The smallest absolute Gasteiger partial charge is 0.305 e. The molecule has 5 atom stereocenters. The molecule has 0 unspecified atom stereocenters. The second-order valence-electron chi connectivity index (χ2n) is 5.98. The summed E-state index contributed by atoms with van der Waals surface area (Å²) >= 11 is 0. The quantitative estimate of drug-likeness (QED) is 0.422. The van der Waals surface area contributed by atoms with Crippen LogP contribution < -0.4 is 10.6 Å². The highest BCUT2D eigenvalue weighted by Gasteiger charge is 2.50. The third-order valence-electron chi connectivity index (χ3n) is 3.48. The first-order valence-electron chi connectivity index (χ1n) is 8.18. The fourth-order valence-corrected chi connectivity index (χ4v) is 2.68. The van der Waals surface area contributed by atoms with E-state index in [0.717, 1.165) is 13.8 Å². The van der Waals surface area contributed by atoms with Gasteiger partial charge in [0, 0.05) is 34.6 Å². The molecule has 1 heterocycles. The fourth-order valence-electron chi connectivity index (χ4n) is 2.68. The molecule has 0 saturated carbocycles. The number of amides is 2. The lowest BCUT2D eigenvalue weighted by Gasteiger charge is -2.45. The molecular formula is C16H24N2O9. The third kappa shape index (κ3) is 7.21. The van der Waals surface area contributed by atoms with E-state index in [-0.39, 0.29) is 6.61 Å². The van der Waals surface area contributed by atoms with Crippen molar-refractivity contribution < 1.29 is 42.9 Å². The Morgan fingerprint density at radius 1 is 0.778 bits per heavy atom. The lowest BCUT2D eigenvalue weighted by atomic mass is 9.93.